The van der Waals surface area contributed by atoms with E-state index in [2.05, 4.69) is 27.3 Å². The molecule has 1 aliphatic rings. The largest absolute Gasteiger partial charge is 0.381 e. The Morgan fingerprint density at radius 2 is 2.00 bits per heavy atom. The van der Waals surface area contributed by atoms with E-state index in [1.165, 1.54) is 0 Å². The van der Waals surface area contributed by atoms with Gasteiger partial charge in [0.15, 0.2) is 0 Å². The first-order valence-electron chi connectivity index (χ1n) is 6.80. The number of halogens is 1. The number of fused-ring (bicyclic) bond motifs is 1. The molecule has 0 saturated carbocycles. The molecule has 1 amide bonds. The third-order valence-corrected chi connectivity index (χ3v) is 4.09. The van der Waals surface area contributed by atoms with Crippen LogP contribution in [0.25, 0.3) is 10.8 Å². The summed E-state index contributed by atoms with van der Waals surface area (Å²) < 4.78 is 6.41. The Morgan fingerprint density at radius 3 is 2.80 bits per heavy atom. The number of carbonyl (C=O) groups excluding carboxylic acids is 1. The number of nitrogens with one attached hydrogen (secondary N) is 1. The number of carbonyl (C=O) groups is 1. The predicted octanol–water partition coefficient (Wildman–Crippen LogP) is 3.97. The van der Waals surface area contributed by atoms with Gasteiger partial charge in [-0.05, 0) is 47.9 Å². The molecular formula is C16H16BrNO2. The van der Waals surface area contributed by atoms with Crippen molar-refractivity contribution in [3.63, 3.8) is 0 Å². The molecule has 1 atom stereocenters. The maximum Gasteiger partial charge on any atom is 0.229 e. The van der Waals surface area contributed by atoms with Gasteiger partial charge in [0, 0.05) is 16.8 Å². The van der Waals surface area contributed by atoms with Gasteiger partial charge in [0.1, 0.15) is 0 Å². The Labute approximate surface area is 126 Å². The second-order valence-corrected chi connectivity index (χ2v) is 6.03. The van der Waals surface area contributed by atoms with Crippen molar-refractivity contribution in [3.05, 3.63) is 40.9 Å². The number of hydrogen-bond acceptors (Lipinski definition) is 2. The normalized spacial score (nSPS) is 18.9. The summed E-state index contributed by atoms with van der Waals surface area (Å²) in [5, 5.41) is 5.26. The van der Waals surface area contributed by atoms with Gasteiger partial charge in [-0.25, -0.2) is 0 Å². The lowest BCUT2D eigenvalue weighted by Crippen LogP contribution is -2.30. The van der Waals surface area contributed by atoms with Gasteiger partial charge in [-0.2, -0.15) is 0 Å². The van der Waals surface area contributed by atoms with Crippen LogP contribution in [0.5, 0.6) is 0 Å². The van der Waals surface area contributed by atoms with E-state index in [-0.39, 0.29) is 11.8 Å². The highest BCUT2D eigenvalue weighted by molar-refractivity contribution is 9.10. The molecule has 1 unspecified atom stereocenters. The lowest BCUT2D eigenvalue weighted by Gasteiger charge is -2.21. The summed E-state index contributed by atoms with van der Waals surface area (Å²) in [4.78, 5) is 12.2. The summed E-state index contributed by atoms with van der Waals surface area (Å²) in [6, 6.07) is 12.1. The molecule has 1 heterocycles. The molecule has 0 aliphatic carbocycles. The number of amides is 1. The zero-order chi connectivity index (χ0) is 13.9. The number of ether oxygens (including phenoxy) is 1. The molecule has 0 spiro atoms. The molecular weight excluding hydrogens is 318 g/mol. The quantitative estimate of drug-likeness (QED) is 0.903. The van der Waals surface area contributed by atoms with Crippen LogP contribution < -0.4 is 5.32 Å². The smallest absolute Gasteiger partial charge is 0.229 e. The molecule has 1 saturated heterocycles. The van der Waals surface area contributed by atoms with Crippen LogP contribution in [0.4, 0.5) is 5.69 Å². The summed E-state index contributed by atoms with van der Waals surface area (Å²) in [5.74, 6) is 0.0329. The Balaban J connectivity index is 1.76. The maximum absolute atomic E-state index is 12.2. The van der Waals surface area contributed by atoms with Crippen LogP contribution >= 0.6 is 15.9 Å². The average molecular weight is 334 g/mol. The number of anilines is 1. The van der Waals surface area contributed by atoms with Crippen molar-refractivity contribution in [1.82, 2.24) is 0 Å². The summed E-state index contributed by atoms with van der Waals surface area (Å²) in [7, 11) is 0. The molecule has 3 rings (SSSR count). The third kappa shape index (κ3) is 3.02. The van der Waals surface area contributed by atoms with E-state index in [0.717, 1.165) is 40.4 Å². The van der Waals surface area contributed by atoms with Gasteiger partial charge in [0.2, 0.25) is 5.91 Å². The predicted molar refractivity (Wildman–Crippen MR) is 83.8 cm³/mol. The van der Waals surface area contributed by atoms with Crippen LogP contribution in [0.15, 0.2) is 40.9 Å². The van der Waals surface area contributed by atoms with E-state index in [9.17, 15) is 4.79 Å². The minimum atomic E-state index is -0.0237. The number of hydrogen-bond donors (Lipinski definition) is 1. The van der Waals surface area contributed by atoms with E-state index < -0.39 is 0 Å². The highest BCUT2D eigenvalue weighted by Crippen LogP contribution is 2.24. The first-order chi connectivity index (χ1) is 9.72. The fraction of sp³-hybridized carbons (Fsp3) is 0.312. The van der Waals surface area contributed by atoms with Crippen molar-refractivity contribution < 1.29 is 9.53 Å². The van der Waals surface area contributed by atoms with Crippen molar-refractivity contribution in [2.75, 3.05) is 18.5 Å². The molecule has 2 aromatic rings. The van der Waals surface area contributed by atoms with Crippen molar-refractivity contribution >= 4 is 38.3 Å². The molecule has 20 heavy (non-hydrogen) atoms. The lowest BCUT2D eigenvalue weighted by molar-refractivity contribution is -0.123. The van der Waals surface area contributed by atoms with Crippen LogP contribution in [0.3, 0.4) is 0 Å². The first kappa shape index (κ1) is 13.6. The second-order valence-electron chi connectivity index (χ2n) is 5.11. The fourth-order valence-electron chi connectivity index (χ4n) is 2.49. The molecule has 0 aromatic heterocycles. The summed E-state index contributed by atoms with van der Waals surface area (Å²) >= 11 is 3.46. The van der Waals surface area contributed by atoms with Gasteiger partial charge in [0.05, 0.1) is 12.5 Å². The summed E-state index contributed by atoms with van der Waals surface area (Å²) in [5.41, 5.74) is 0.843. The summed E-state index contributed by atoms with van der Waals surface area (Å²) in [6.45, 7) is 1.31. The second kappa shape index (κ2) is 5.94. The van der Waals surface area contributed by atoms with Crippen molar-refractivity contribution in [2.24, 2.45) is 5.92 Å². The van der Waals surface area contributed by atoms with Crippen molar-refractivity contribution in [2.45, 2.75) is 12.8 Å². The fourth-order valence-corrected chi connectivity index (χ4v) is 2.86. The molecule has 4 heteroatoms. The van der Waals surface area contributed by atoms with Gasteiger partial charge in [-0.15, -0.1) is 0 Å². The zero-order valence-electron chi connectivity index (χ0n) is 11.1. The molecule has 1 N–H and O–H groups in total. The molecule has 1 aliphatic heterocycles. The van der Waals surface area contributed by atoms with Crippen LogP contribution in [-0.2, 0) is 9.53 Å². The highest BCUT2D eigenvalue weighted by atomic mass is 79.9. The van der Waals surface area contributed by atoms with Crippen molar-refractivity contribution in [3.8, 4) is 0 Å². The van der Waals surface area contributed by atoms with Gasteiger partial charge < -0.3 is 10.1 Å². The maximum atomic E-state index is 12.2. The van der Waals surface area contributed by atoms with E-state index in [4.69, 9.17) is 4.74 Å². The van der Waals surface area contributed by atoms with Gasteiger partial charge in [0.25, 0.3) is 0 Å². The van der Waals surface area contributed by atoms with E-state index in [1.54, 1.807) is 0 Å². The molecule has 3 nitrogen and oxygen atoms in total. The van der Waals surface area contributed by atoms with Crippen molar-refractivity contribution in [1.29, 1.82) is 0 Å². The van der Waals surface area contributed by atoms with E-state index in [1.807, 2.05) is 30.3 Å². The summed E-state index contributed by atoms with van der Waals surface area (Å²) in [6.07, 6.45) is 1.87. The van der Waals surface area contributed by atoms with Gasteiger partial charge in [-0.1, -0.05) is 28.1 Å². The van der Waals surface area contributed by atoms with Gasteiger partial charge in [-0.3, -0.25) is 4.79 Å². The van der Waals surface area contributed by atoms with Crippen LogP contribution in [0.1, 0.15) is 12.8 Å². The minimum absolute atomic E-state index is 0.0237. The molecule has 104 valence electrons. The average Bonchev–Trinajstić information content (AvgIpc) is 2.48. The van der Waals surface area contributed by atoms with Gasteiger partial charge >= 0.3 is 0 Å². The minimum Gasteiger partial charge on any atom is -0.381 e. The Bertz CT molecular complexity index is 635. The van der Waals surface area contributed by atoms with Crippen LogP contribution in [0, 0.1) is 5.92 Å². The molecule has 2 aromatic carbocycles. The zero-order valence-corrected chi connectivity index (χ0v) is 12.7. The third-order valence-electron chi connectivity index (χ3n) is 3.60. The Hall–Kier alpha value is -1.39. The Kier molecular flexibility index (Phi) is 4.03. The van der Waals surface area contributed by atoms with E-state index >= 15 is 0 Å². The lowest BCUT2D eigenvalue weighted by atomic mass is 10.0. The van der Waals surface area contributed by atoms with Crippen LogP contribution in [0.2, 0.25) is 0 Å². The standard InChI is InChI=1S/C16H16BrNO2/c17-14-5-3-12-9-15(6-4-11(12)8-14)18-16(19)13-2-1-7-20-10-13/h3-6,8-9,13H,1-2,7,10H2,(H,18,19). The number of benzene rings is 2. The molecule has 0 radical (unpaired) electrons. The Morgan fingerprint density at radius 1 is 1.20 bits per heavy atom. The first-order valence-corrected chi connectivity index (χ1v) is 7.59. The highest BCUT2D eigenvalue weighted by Gasteiger charge is 2.21. The molecule has 0 bridgehead atoms. The topological polar surface area (TPSA) is 38.3 Å². The van der Waals surface area contributed by atoms with E-state index in [0.29, 0.717) is 6.61 Å². The SMILES string of the molecule is O=C(Nc1ccc2cc(Br)ccc2c1)C1CCCOC1. The van der Waals surface area contributed by atoms with Crippen LogP contribution in [-0.4, -0.2) is 19.1 Å². The molecule has 1 fully saturated rings. The monoisotopic (exact) mass is 333 g/mol. The number of rotatable bonds is 2.